The number of nitrogen functional groups attached to an aromatic ring is 3. The van der Waals surface area contributed by atoms with Crippen LogP contribution in [-0.2, 0) is 79.8 Å². The van der Waals surface area contributed by atoms with Crippen molar-refractivity contribution in [1.29, 1.82) is 1.28 Å². The van der Waals surface area contributed by atoms with Crippen LogP contribution in [0.3, 0.4) is 0 Å². The van der Waals surface area contributed by atoms with Crippen molar-refractivity contribution in [3.8, 4) is 17.6 Å². The number of hydroxylamine groups is 2. The Morgan fingerprint density at radius 2 is 0.910 bits per heavy atom. The van der Waals surface area contributed by atoms with Crippen LogP contribution in [0, 0.1) is 0 Å². The molecular formula is C64H70N19O9P2S6+. The molecule has 12 rings (SSSR count). The fourth-order valence-corrected chi connectivity index (χ4v) is 12.6. The number of aryl methyl sites for hydroxylation is 2. The summed E-state index contributed by atoms with van der Waals surface area (Å²) in [5, 5.41) is 2.39. The molecule has 0 saturated carbocycles. The van der Waals surface area contributed by atoms with Crippen LogP contribution in [0.5, 0.6) is 17.6 Å². The number of amides is 2. The molecule has 28 nitrogen and oxygen atoms in total. The first-order chi connectivity index (χ1) is 49.0. The van der Waals surface area contributed by atoms with Crippen molar-refractivity contribution in [1.82, 2.24) is 74.8 Å². The van der Waals surface area contributed by atoms with Crippen LogP contribution in [0.1, 0.15) is 78.3 Å². The number of nitrogens with zero attached hydrogens (tertiary/aromatic N) is 12. The number of fused-ring (bicyclic) bond motifs is 3. The largest absolute Gasteiger partial charge is 0.471 e. The molecule has 0 radical (unpaired) electrons. The van der Waals surface area contributed by atoms with Gasteiger partial charge in [-0.05, 0) is 97.8 Å². The van der Waals surface area contributed by atoms with E-state index in [1.807, 2.05) is 109 Å². The number of benzene rings is 3. The van der Waals surface area contributed by atoms with Gasteiger partial charge in [-0.25, -0.2) is 29.7 Å². The minimum Gasteiger partial charge on any atom is -0.471 e. The number of nitrogens with one attached hydrogen (secondary N) is 3. The van der Waals surface area contributed by atoms with E-state index in [0.29, 0.717) is 120 Å². The van der Waals surface area contributed by atoms with Gasteiger partial charge in [0.15, 0.2) is 35.7 Å². The molecule has 1 fully saturated rings. The van der Waals surface area contributed by atoms with Crippen LogP contribution >= 0.6 is 71.7 Å². The maximum Gasteiger partial charge on any atom is 0.355 e. The molecule has 100 heavy (non-hydrogen) atoms. The van der Waals surface area contributed by atoms with Crippen molar-refractivity contribution >= 4 is 164 Å². The Labute approximate surface area is 605 Å². The van der Waals surface area contributed by atoms with Crippen molar-refractivity contribution in [2.75, 3.05) is 34.5 Å². The lowest BCUT2D eigenvalue weighted by Gasteiger charge is -2.12. The van der Waals surface area contributed by atoms with Crippen molar-refractivity contribution < 1.29 is 43.0 Å². The number of H-pyrrole nitrogens is 3. The second-order valence-electron chi connectivity index (χ2n) is 20.8. The van der Waals surface area contributed by atoms with Gasteiger partial charge in [0.25, 0.3) is 11.8 Å². The lowest BCUT2D eigenvalue weighted by Crippen LogP contribution is -2.32. The van der Waals surface area contributed by atoms with Crippen LogP contribution in [0.2, 0.25) is 0 Å². The zero-order valence-electron chi connectivity index (χ0n) is 54.5. The number of aromatic nitrogens is 14. The molecule has 0 bridgehead atoms. The lowest BCUT2D eigenvalue weighted by atomic mass is 10.0. The van der Waals surface area contributed by atoms with Gasteiger partial charge < -0.3 is 56.9 Å². The minimum absolute atomic E-state index is 0.108. The van der Waals surface area contributed by atoms with Gasteiger partial charge in [-0.15, -0.1) is 5.06 Å². The number of nitrogens with two attached hydrogens (primary N) is 4. The summed E-state index contributed by atoms with van der Waals surface area (Å²) in [6.07, 6.45) is 12.1. The summed E-state index contributed by atoms with van der Waals surface area (Å²) in [7, 11) is 8.38. The van der Waals surface area contributed by atoms with Crippen LogP contribution in [0.25, 0.3) is 33.5 Å². The topological polar surface area (TPSA) is 419 Å². The molecule has 9 heterocycles. The molecule has 2 unspecified atom stereocenters. The van der Waals surface area contributed by atoms with Crippen molar-refractivity contribution in [3.05, 3.63) is 174 Å². The summed E-state index contributed by atoms with van der Waals surface area (Å²) in [5.74, 6) is 2.44. The average Bonchev–Trinajstić information content (AvgIpc) is 1.74. The van der Waals surface area contributed by atoms with Gasteiger partial charge in [0, 0.05) is 69.0 Å². The van der Waals surface area contributed by atoms with E-state index in [1.54, 1.807) is 34.0 Å². The van der Waals surface area contributed by atoms with Crippen LogP contribution in [0.15, 0.2) is 151 Å². The van der Waals surface area contributed by atoms with Crippen molar-refractivity contribution in [2.45, 2.75) is 94.2 Å². The highest BCUT2D eigenvalue weighted by atomic mass is 33.1. The van der Waals surface area contributed by atoms with Crippen LogP contribution in [-0.4, -0.2) is 123 Å². The number of imidazole rings is 3. The van der Waals surface area contributed by atoms with Gasteiger partial charge >= 0.3 is 7.25 Å². The molecule has 1 aliphatic rings. The molecule has 36 heteroatoms. The third kappa shape index (κ3) is 25.6. The number of ketones is 2. The van der Waals surface area contributed by atoms with Gasteiger partial charge in [0.2, 0.25) is 35.5 Å². The first-order valence-corrected chi connectivity index (χ1v) is 39.3. The number of hydrogen-bond donors (Lipinski definition) is 8. The highest BCUT2D eigenvalue weighted by Gasteiger charge is 2.32. The Bertz CT molecular complexity index is 4470. The van der Waals surface area contributed by atoms with Crippen molar-refractivity contribution in [2.24, 2.45) is 5.73 Å². The van der Waals surface area contributed by atoms with E-state index in [1.165, 1.54) is 40.6 Å². The molecule has 8 aromatic heterocycles. The summed E-state index contributed by atoms with van der Waals surface area (Å²) in [5.41, 5.74) is 32.2. The second kappa shape index (κ2) is 41.6. The monoisotopic (exact) mass is 1500 g/mol. The third-order valence-electron chi connectivity index (χ3n) is 13.6. The fourth-order valence-electron chi connectivity index (χ4n) is 8.64. The molecule has 0 spiro atoms. The normalized spacial score (nSPS) is 11.8. The number of imide groups is 1. The zero-order valence-corrected chi connectivity index (χ0v) is 60.5. The van der Waals surface area contributed by atoms with E-state index in [-0.39, 0.29) is 48.7 Å². The summed E-state index contributed by atoms with van der Waals surface area (Å²) < 4.78 is 23.7. The molecular weight excluding hydrogens is 1430 g/mol. The second-order valence-corrected chi connectivity index (χ2v) is 28.9. The predicted octanol–water partition coefficient (Wildman–Crippen LogP) is 10.3. The molecule has 0 aliphatic carbocycles. The molecule has 2 amide bonds. The maximum absolute atomic E-state index is 12.2. The zero-order chi connectivity index (χ0) is 71.7. The van der Waals surface area contributed by atoms with E-state index in [9.17, 15) is 24.0 Å². The Kier molecular flexibility index (Phi) is 31.3. The van der Waals surface area contributed by atoms with Crippen LogP contribution in [0.4, 0.5) is 17.8 Å². The van der Waals surface area contributed by atoms with E-state index in [0.717, 1.165) is 62.0 Å². The summed E-state index contributed by atoms with van der Waals surface area (Å²) in [4.78, 5) is 116. The number of aromatic amines is 3. The van der Waals surface area contributed by atoms with Gasteiger partial charge in [0.05, 0.1) is 34.3 Å². The number of carbonyl (C=O) groups excluding carboxylic acids is 5. The first kappa shape index (κ1) is 75.2. The first-order valence-electron chi connectivity index (χ1n) is 31.0. The number of thiol groups is 1. The van der Waals surface area contributed by atoms with E-state index in [2.05, 4.69) is 103 Å². The number of Topliss-reactive ketones (excluding diaryl/α,β-unsaturated/α-hetero) is 2. The Hall–Kier alpha value is -8.98. The van der Waals surface area contributed by atoms with Gasteiger partial charge in [-0.3, -0.25) is 19.2 Å². The average molecular weight is 1500 g/mol. The third-order valence-corrected chi connectivity index (χ3v) is 18.4. The van der Waals surface area contributed by atoms with Gasteiger partial charge in [0.1, 0.15) is 58.0 Å². The van der Waals surface area contributed by atoms with Gasteiger partial charge in [-0.1, -0.05) is 107 Å². The number of hydrogen-bond acceptors (Lipinski definition) is 30. The molecule has 520 valence electrons. The van der Waals surface area contributed by atoms with E-state index in [4.69, 9.17) is 43.3 Å². The Balaban J connectivity index is 0.000000171. The highest BCUT2D eigenvalue weighted by molar-refractivity contribution is 8.77. The molecule has 2 atom stereocenters. The van der Waals surface area contributed by atoms with Crippen LogP contribution < -0.4 is 37.1 Å². The SMILES string of the molecule is NCc1ccc(COc2nc(N)nc3nc[nH]c23)cc1.Nc1nc(OCc2ccc(CCC(=O)CCS)cc2)c2[nH]cnc2n1.Nc1nc(OCc2ccc(CCC(=O)CCSSc3ccccn3)cc2)c2[nH]cnc2n1.O=C(CCSSc1ccccn1)ON1C(=O)CCC1=O.[2H][P+](P)=S. The number of rotatable bonds is 29. The summed E-state index contributed by atoms with van der Waals surface area (Å²) in [6.45, 7) is 0.733. The summed E-state index contributed by atoms with van der Waals surface area (Å²) >= 11 is 8.39. The molecule has 3 aromatic carbocycles. The maximum atomic E-state index is 12.2. The Morgan fingerprint density at radius 1 is 0.540 bits per heavy atom. The summed E-state index contributed by atoms with van der Waals surface area (Å²) in [6, 6.07) is 35.3. The number of ether oxygens (including phenoxy) is 3. The molecule has 11 aromatic rings. The van der Waals surface area contributed by atoms with E-state index < -0.39 is 24.8 Å². The van der Waals surface area contributed by atoms with E-state index >= 15 is 0 Å². The number of anilines is 3. The Morgan fingerprint density at radius 3 is 1.28 bits per heavy atom. The number of pyridine rings is 2. The molecule has 1 saturated heterocycles. The minimum atomic E-state index is -0.870. The fraction of sp³-hybridized carbons (Fsp3) is 0.250. The van der Waals surface area contributed by atoms with Gasteiger partial charge in [-0.2, -0.15) is 42.5 Å². The quantitative estimate of drug-likeness (QED) is 0.00710. The highest BCUT2D eigenvalue weighted by Crippen LogP contribution is 2.31. The smallest absolute Gasteiger partial charge is 0.355 e. The standard InChI is InChI=1S/C22H22N6O2S2.C17H19N5O2S.C13H14N6O.C12H12N2O4S2.H2P2S/c23-22-27-20-19(25-14-26-20)21(28-22)30-13-16-6-4-15(5-7-16)8-9-17(29)10-12-31-32-18-3-1-2-11-24-18;18-17-21-15-14(19-10-20-15)16(22-17)24-9-12-3-1-11(2-4-12)5-6-13(23)7-8-25;14-5-8-1-3-9(4-2-8)6-20-12-10-11(17-7-16-10)18-13(15)19-12;15-10-4-5-11(16)14(10)18-12(17)6-8-19-20-9-3-1-2-7-13-9;1-2-3/h1-7,11,14H,8-10,12-13H2,(H3,23,25,26,27,28);1-4,10,25H,5-9H2,(H3,18,19,20,21,22);1-4,7H,5-6,14H2,(H3,15,16,17,18,19);1-3,7H,4-6,8H2;1H2/p+1/i/hD. The molecule has 1 aliphatic heterocycles. The number of carbonyl (C=O) groups is 5. The molecule has 11 N–H and O–H groups in total. The van der Waals surface area contributed by atoms with Crippen molar-refractivity contribution in [3.63, 3.8) is 0 Å². The predicted molar refractivity (Wildman–Crippen MR) is 401 cm³/mol. The lowest BCUT2D eigenvalue weighted by molar-refractivity contribution is -0.197.